The minimum Gasteiger partial charge on any atom is -0.496 e. The van der Waals surface area contributed by atoms with Crippen LogP contribution in [0.15, 0.2) is 29.4 Å². The van der Waals surface area contributed by atoms with Crippen molar-refractivity contribution in [2.24, 2.45) is 5.73 Å². The summed E-state index contributed by atoms with van der Waals surface area (Å²) < 4.78 is 32.3. The standard InChI is InChI=1S/C12H17N5O3S/c1-8(12-14-7-15-16-12)17-21(18,19)10-3-4-11(20-2)9(5-10)6-13/h3-5,7-8,17H,6,13H2,1-2H3,(H,14,15,16). The Balaban J connectivity index is 2.27. The molecule has 1 aromatic heterocycles. The van der Waals surface area contributed by atoms with Crippen LogP contribution < -0.4 is 15.2 Å². The van der Waals surface area contributed by atoms with Crippen molar-refractivity contribution in [3.63, 3.8) is 0 Å². The van der Waals surface area contributed by atoms with Crippen LogP contribution in [0, 0.1) is 0 Å². The molecule has 0 radical (unpaired) electrons. The summed E-state index contributed by atoms with van der Waals surface area (Å²) in [7, 11) is -2.19. The van der Waals surface area contributed by atoms with Crippen molar-refractivity contribution in [2.45, 2.75) is 24.4 Å². The molecule has 1 unspecified atom stereocenters. The van der Waals surface area contributed by atoms with E-state index in [2.05, 4.69) is 19.9 Å². The zero-order valence-electron chi connectivity index (χ0n) is 11.7. The molecule has 9 heteroatoms. The van der Waals surface area contributed by atoms with Crippen LogP contribution in [0.4, 0.5) is 0 Å². The van der Waals surface area contributed by atoms with Gasteiger partial charge in [0.25, 0.3) is 0 Å². The van der Waals surface area contributed by atoms with Crippen LogP contribution in [0.25, 0.3) is 0 Å². The number of methoxy groups -OCH3 is 1. The first-order chi connectivity index (χ1) is 9.97. The Morgan fingerprint density at radius 3 is 2.81 bits per heavy atom. The molecular weight excluding hydrogens is 294 g/mol. The van der Waals surface area contributed by atoms with Crippen LogP contribution in [0.1, 0.15) is 24.4 Å². The summed E-state index contributed by atoms with van der Waals surface area (Å²) >= 11 is 0. The monoisotopic (exact) mass is 311 g/mol. The average molecular weight is 311 g/mol. The highest BCUT2D eigenvalue weighted by atomic mass is 32.2. The second-order valence-corrected chi connectivity index (χ2v) is 6.11. The second-order valence-electron chi connectivity index (χ2n) is 4.39. The lowest BCUT2D eigenvalue weighted by Gasteiger charge is -2.13. The number of nitrogens with zero attached hydrogens (tertiary/aromatic N) is 2. The number of H-pyrrole nitrogens is 1. The van der Waals surface area contributed by atoms with E-state index in [4.69, 9.17) is 10.5 Å². The summed E-state index contributed by atoms with van der Waals surface area (Å²) in [6.07, 6.45) is 1.32. The molecule has 0 fully saturated rings. The molecule has 1 aromatic carbocycles. The summed E-state index contributed by atoms with van der Waals surface area (Å²) in [4.78, 5) is 4.04. The van der Waals surface area contributed by atoms with Crippen LogP contribution in [0.2, 0.25) is 0 Å². The number of hydrogen-bond donors (Lipinski definition) is 3. The molecule has 0 saturated heterocycles. The van der Waals surface area contributed by atoms with Gasteiger partial charge in [0.15, 0.2) is 0 Å². The van der Waals surface area contributed by atoms with Crippen molar-refractivity contribution in [1.29, 1.82) is 0 Å². The quantitative estimate of drug-likeness (QED) is 0.705. The Kier molecular flexibility index (Phi) is 4.56. The van der Waals surface area contributed by atoms with Gasteiger partial charge in [0, 0.05) is 12.1 Å². The highest BCUT2D eigenvalue weighted by Crippen LogP contribution is 2.22. The number of rotatable bonds is 6. The molecule has 1 atom stereocenters. The highest BCUT2D eigenvalue weighted by molar-refractivity contribution is 7.89. The van der Waals surface area contributed by atoms with Crippen LogP contribution in [0.5, 0.6) is 5.75 Å². The molecule has 0 saturated carbocycles. The molecule has 0 aliphatic heterocycles. The molecular formula is C12H17N5O3S. The van der Waals surface area contributed by atoms with Crippen molar-refractivity contribution >= 4 is 10.0 Å². The predicted molar refractivity (Wildman–Crippen MR) is 76.0 cm³/mol. The number of nitrogens with two attached hydrogens (primary N) is 1. The molecule has 4 N–H and O–H groups in total. The molecule has 0 aliphatic rings. The summed E-state index contributed by atoms with van der Waals surface area (Å²) in [5, 5.41) is 6.32. The van der Waals surface area contributed by atoms with Gasteiger partial charge in [0.2, 0.25) is 10.0 Å². The smallest absolute Gasteiger partial charge is 0.241 e. The maximum Gasteiger partial charge on any atom is 0.241 e. The number of aromatic nitrogens is 3. The zero-order chi connectivity index (χ0) is 15.5. The number of hydrogen-bond acceptors (Lipinski definition) is 6. The largest absolute Gasteiger partial charge is 0.496 e. The van der Waals surface area contributed by atoms with Gasteiger partial charge in [-0.05, 0) is 25.1 Å². The van der Waals surface area contributed by atoms with Gasteiger partial charge in [-0.25, -0.2) is 18.1 Å². The number of nitrogens with one attached hydrogen (secondary N) is 2. The fourth-order valence-electron chi connectivity index (χ4n) is 1.86. The summed E-state index contributed by atoms with van der Waals surface area (Å²) in [6, 6.07) is 4.01. The molecule has 0 aliphatic carbocycles. The lowest BCUT2D eigenvalue weighted by Crippen LogP contribution is -2.27. The van der Waals surface area contributed by atoms with Crippen molar-refractivity contribution in [3.05, 3.63) is 35.9 Å². The van der Waals surface area contributed by atoms with E-state index in [1.807, 2.05) is 0 Å². The fraction of sp³-hybridized carbons (Fsp3) is 0.333. The minimum atomic E-state index is -3.69. The van der Waals surface area contributed by atoms with Crippen LogP contribution in [0.3, 0.4) is 0 Å². The lowest BCUT2D eigenvalue weighted by atomic mass is 10.2. The van der Waals surface area contributed by atoms with Crippen LogP contribution in [-0.4, -0.2) is 30.7 Å². The normalized spacial score (nSPS) is 13.1. The molecule has 8 nitrogen and oxygen atoms in total. The van der Waals surface area contributed by atoms with E-state index < -0.39 is 16.1 Å². The van der Waals surface area contributed by atoms with Gasteiger partial charge < -0.3 is 10.5 Å². The average Bonchev–Trinajstić information content (AvgIpc) is 3.00. The number of aromatic amines is 1. The molecule has 0 amide bonds. The minimum absolute atomic E-state index is 0.120. The van der Waals surface area contributed by atoms with Gasteiger partial charge in [0.1, 0.15) is 17.9 Å². The van der Waals surface area contributed by atoms with E-state index in [-0.39, 0.29) is 11.4 Å². The third kappa shape index (κ3) is 3.38. The lowest BCUT2D eigenvalue weighted by molar-refractivity contribution is 0.409. The third-order valence-corrected chi connectivity index (χ3v) is 4.50. The van der Waals surface area contributed by atoms with Gasteiger partial charge >= 0.3 is 0 Å². The predicted octanol–water partition coefficient (Wildman–Crippen LogP) is 0.311. The van der Waals surface area contributed by atoms with E-state index in [9.17, 15) is 8.42 Å². The van der Waals surface area contributed by atoms with Gasteiger partial charge in [-0.2, -0.15) is 5.10 Å². The Bertz CT molecular complexity index is 700. The number of benzene rings is 1. The van der Waals surface area contributed by atoms with Gasteiger partial charge in [-0.15, -0.1) is 0 Å². The Labute approximate surface area is 122 Å². The van der Waals surface area contributed by atoms with E-state index in [0.717, 1.165) is 0 Å². The summed E-state index contributed by atoms with van der Waals surface area (Å²) in [5.41, 5.74) is 6.22. The van der Waals surface area contributed by atoms with Crippen molar-refractivity contribution < 1.29 is 13.2 Å². The first-order valence-corrected chi connectivity index (χ1v) is 7.71. The molecule has 0 spiro atoms. The molecule has 114 valence electrons. The van der Waals surface area contributed by atoms with Crippen LogP contribution in [-0.2, 0) is 16.6 Å². The van der Waals surface area contributed by atoms with Crippen molar-refractivity contribution in [2.75, 3.05) is 7.11 Å². The summed E-state index contributed by atoms with van der Waals surface area (Å²) in [5.74, 6) is 0.992. The van der Waals surface area contributed by atoms with Gasteiger partial charge in [-0.3, -0.25) is 5.10 Å². The van der Waals surface area contributed by atoms with E-state index >= 15 is 0 Å². The third-order valence-electron chi connectivity index (χ3n) is 2.96. The Morgan fingerprint density at radius 2 is 2.24 bits per heavy atom. The second kappa shape index (κ2) is 6.20. The van der Waals surface area contributed by atoms with E-state index in [0.29, 0.717) is 17.1 Å². The van der Waals surface area contributed by atoms with E-state index in [1.165, 1.54) is 25.6 Å². The van der Waals surface area contributed by atoms with Gasteiger partial charge in [0.05, 0.1) is 18.0 Å². The fourth-order valence-corrected chi connectivity index (χ4v) is 3.12. The van der Waals surface area contributed by atoms with Crippen LogP contribution >= 0.6 is 0 Å². The first kappa shape index (κ1) is 15.4. The topological polar surface area (TPSA) is 123 Å². The van der Waals surface area contributed by atoms with Crippen molar-refractivity contribution in [3.8, 4) is 5.75 Å². The zero-order valence-corrected chi connectivity index (χ0v) is 12.5. The Morgan fingerprint density at radius 1 is 1.48 bits per heavy atom. The molecule has 2 aromatic rings. The molecule has 1 heterocycles. The maximum atomic E-state index is 12.4. The molecule has 0 bridgehead atoms. The van der Waals surface area contributed by atoms with E-state index in [1.54, 1.807) is 13.0 Å². The summed E-state index contributed by atoms with van der Waals surface area (Å²) in [6.45, 7) is 1.86. The molecule has 21 heavy (non-hydrogen) atoms. The van der Waals surface area contributed by atoms with Gasteiger partial charge in [-0.1, -0.05) is 0 Å². The maximum absolute atomic E-state index is 12.4. The Hall–Kier alpha value is -1.97. The number of ether oxygens (including phenoxy) is 1. The highest BCUT2D eigenvalue weighted by Gasteiger charge is 2.21. The van der Waals surface area contributed by atoms with Crippen molar-refractivity contribution in [1.82, 2.24) is 19.9 Å². The SMILES string of the molecule is COc1ccc(S(=O)(=O)NC(C)c2ncn[nH]2)cc1CN. The number of sulfonamides is 1. The molecule has 2 rings (SSSR count). The first-order valence-electron chi connectivity index (χ1n) is 6.22.